The predicted octanol–water partition coefficient (Wildman–Crippen LogP) is 3.78. The fourth-order valence-corrected chi connectivity index (χ4v) is 4.94. The van der Waals surface area contributed by atoms with Crippen LogP contribution in [0.3, 0.4) is 0 Å². The molecule has 2 aromatic rings. The first-order valence-electron chi connectivity index (χ1n) is 4.32. The minimum Gasteiger partial charge on any atom is -0.477 e. The summed E-state index contributed by atoms with van der Waals surface area (Å²) in [6.45, 7) is 0. The topological polar surface area (TPSA) is 37.3 Å². The zero-order valence-corrected chi connectivity index (χ0v) is 9.97. The standard InChI is InChI=1S/C10H6O2S3/c11-9(12)7-3-5-4-14-10-6(1-2-13-10)8(5)15-7/h1-3H,4H2,(H,11,12). The van der Waals surface area contributed by atoms with Crippen LogP contribution in [0, 0.1) is 0 Å². The summed E-state index contributed by atoms with van der Waals surface area (Å²) in [5, 5.41) is 11.0. The molecule has 0 bridgehead atoms. The SMILES string of the molecule is O=C(O)c1cc2c(s1)-c1ccsc1SC2. The lowest BCUT2D eigenvalue weighted by Crippen LogP contribution is -1.90. The van der Waals surface area contributed by atoms with Crippen LogP contribution in [0.4, 0.5) is 0 Å². The van der Waals surface area contributed by atoms with E-state index in [1.807, 2.05) is 0 Å². The van der Waals surface area contributed by atoms with Crippen LogP contribution in [0.5, 0.6) is 0 Å². The quantitative estimate of drug-likeness (QED) is 0.841. The summed E-state index contributed by atoms with van der Waals surface area (Å²) in [6, 6.07) is 3.88. The van der Waals surface area contributed by atoms with Crippen molar-refractivity contribution in [3.05, 3.63) is 28.0 Å². The monoisotopic (exact) mass is 254 g/mol. The maximum absolute atomic E-state index is 10.9. The van der Waals surface area contributed by atoms with Gasteiger partial charge in [0.15, 0.2) is 0 Å². The fourth-order valence-electron chi connectivity index (χ4n) is 1.59. The number of thiophene rings is 2. The van der Waals surface area contributed by atoms with Gasteiger partial charge >= 0.3 is 5.97 Å². The highest BCUT2D eigenvalue weighted by Crippen LogP contribution is 2.47. The number of carboxylic acids is 1. The maximum Gasteiger partial charge on any atom is 0.345 e. The Morgan fingerprint density at radius 3 is 3.13 bits per heavy atom. The lowest BCUT2D eigenvalue weighted by Gasteiger charge is -2.10. The Hall–Kier alpha value is -0.780. The Balaban J connectivity index is 2.20. The smallest absolute Gasteiger partial charge is 0.345 e. The Morgan fingerprint density at radius 2 is 2.33 bits per heavy atom. The van der Waals surface area contributed by atoms with Gasteiger partial charge in [0.05, 0.1) is 4.21 Å². The van der Waals surface area contributed by atoms with Crippen LogP contribution >= 0.6 is 34.4 Å². The Labute approximate surface area is 98.6 Å². The van der Waals surface area contributed by atoms with Crippen molar-refractivity contribution in [2.24, 2.45) is 0 Å². The van der Waals surface area contributed by atoms with E-state index in [-0.39, 0.29) is 0 Å². The van der Waals surface area contributed by atoms with Crippen molar-refractivity contribution in [2.75, 3.05) is 0 Å². The normalized spacial score (nSPS) is 13.3. The molecule has 15 heavy (non-hydrogen) atoms. The molecule has 0 saturated carbocycles. The van der Waals surface area contributed by atoms with E-state index < -0.39 is 5.97 Å². The first-order chi connectivity index (χ1) is 7.25. The van der Waals surface area contributed by atoms with Gasteiger partial charge in [0.1, 0.15) is 4.88 Å². The first-order valence-corrected chi connectivity index (χ1v) is 7.00. The number of carboxylic acid groups (broad SMARTS) is 1. The molecule has 5 heteroatoms. The summed E-state index contributed by atoms with van der Waals surface area (Å²) in [5.74, 6) is 0.0725. The van der Waals surface area contributed by atoms with Gasteiger partial charge in [0.25, 0.3) is 0 Å². The molecule has 3 heterocycles. The van der Waals surface area contributed by atoms with Gasteiger partial charge in [0.2, 0.25) is 0 Å². The third-order valence-corrected chi connectivity index (χ3v) is 5.74. The molecule has 76 valence electrons. The zero-order valence-electron chi connectivity index (χ0n) is 7.52. The largest absolute Gasteiger partial charge is 0.477 e. The fraction of sp³-hybridized carbons (Fsp3) is 0.100. The lowest BCUT2D eigenvalue weighted by atomic mass is 10.2. The van der Waals surface area contributed by atoms with Crippen molar-refractivity contribution in [3.8, 4) is 10.4 Å². The molecule has 0 amide bonds. The van der Waals surface area contributed by atoms with E-state index in [0.29, 0.717) is 4.88 Å². The molecule has 1 aliphatic heterocycles. The number of aromatic carboxylic acids is 1. The average Bonchev–Trinajstić information content (AvgIpc) is 2.82. The van der Waals surface area contributed by atoms with Crippen molar-refractivity contribution in [1.82, 2.24) is 0 Å². The average molecular weight is 254 g/mol. The third kappa shape index (κ3) is 1.42. The van der Waals surface area contributed by atoms with Crippen LogP contribution in [0.15, 0.2) is 21.7 Å². The van der Waals surface area contributed by atoms with Gasteiger partial charge in [-0.2, -0.15) is 0 Å². The minimum atomic E-state index is -0.823. The Morgan fingerprint density at radius 1 is 1.47 bits per heavy atom. The minimum absolute atomic E-state index is 0.444. The molecule has 1 N–H and O–H groups in total. The molecular weight excluding hydrogens is 248 g/mol. The predicted molar refractivity (Wildman–Crippen MR) is 64.2 cm³/mol. The number of hydrogen-bond acceptors (Lipinski definition) is 4. The maximum atomic E-state index is 10.9. The second kappa shape index (κ2) is 3.37. The molecule has 0 unspecified atom stereocenters. The van der Waals surface area contributed by atoms with Gasteiger partial charge in [-0.1, -0.05) is 0 Å². The highest BCUT2D eigenvalue weighted by molar-refractivity contribution is 8.00. The van der Waals surface area contributed by atoms with Gasteiger partial charge < -0.3 is 5.11 Å². The highest BCUT2D eigenvalue weighted by atomic mass is 32.2. The summed E-state index contributed by atoms with van der Waals surface area (Å²) in [7, 11) is 0. The number of hydrogen-bond donors (Lipinski definition) is 1. The van der Waals surface area contributed by atoms with Crippen molar-refractivity contribution < 1.29 is 9.90 Å². The van der Waals surface area contributed by atoms with Gasteiger partial charge in [-0.05, 0) is 23.1 Å². The van der Waals surface area contributed by atoms with Crippen molar-refractivity contribution in [1.29, 1.82) is 0 Å². The number of thioether (sulfide) groups is 1. The summed E-state index contributed by atoms with van der Waals surface area (Å²) >= 11 is 4.91. The van der Waals surface area contributed by atoms with Gasteiger partial charge in [-0.25, -0.2) is 4.79 Å². The van der Waals surface area contributed by atoms with Crippen LogP contribution in [0.2, 0.25) is 0 Å². The van der Waals surface area contributed by atoms with Gasteiger partial charge in [-0.3, -0.25) is 0 Å². The summed E-state index contributed by atoms with van der Waals surface area (Å²) < 4.78 is 1.31. The molecule has 2 aromatic heterocycles. The van der Waals surface area contributed by atoms with E-state index in [4.69, 9.17) is 5.11 Å². The van der Waals surface area contributed by atoms with Gasteiger partial charge in [0, 0.05) is 16.2 Å². The van der Waals surface area contributed by atoms with Crippen LogP contribution < -0.4 is 0 Å². The number of carbonyl (C=O) groups is 1. The Bertz CT molecular complexity index is 539. The van der Waals surface area contributed by atoms with Crippen LogP contribution in [-0.2, 0) is 5.75 Å². The molecule has 0 aromatic carbocycles. The molecule has 0 aliphatic carbocycles. The van der Waals surface area contributed by atoms with Gasteiger partial charge in [-0.15, -0.1) is 34.4 Å². The van der Waals surface area contributed by atoms with E-state index in [1.165, 1.54) is 21.1 Å². The third-order valence-electron chi connectivity index (χ3n) is 2.25. The zero-order chi connectivity index (χ0) is 10.4. The number of fused-ring (bicyclic) bond motifs is 3. The van der Waals surface area contributed by atoms with E-state index in [1.54, 1.807) is 29.2 Å². The molecule has 1 aliphatic rings. The number of rotatable bonds is 1. The lowest BCUT2D eigenvalue weighted by molar-refractivity contribution is 0.0702. The highest BCUT2D eigenvalue weighted by Gasteiger charge is 2.22. The molecule has 0 spiro atoms. The summed E-state index contributed by atoms with van der Waals surface area (Å²) in [5.41, 5.74) is 2.37. The van der Waals surface area contributed by atoms with Crippen molar-refractivity contribution in [2.45, 2.75) is 9.96 Å². The van der Waals surface area contributed by atoms with E-state index in [0.717, 1.165) is 16.2 Å². The summed E-state index contributed by atoms with van der Waals surface area (Å²) in [4.78, 5) is 12.5. The van der Waals surface area contributed by atoms with E-state index >= 15 is 0 Å². The second-order valence-corrected chi connectivity index (χ2v) is 6.39. The van der Waals surface area contributed by atoms with Crippen LogP contribution in [-0.4, -0.2) is 11.1 Å². The molecule has 0 atom stereocenters. The van der Waals surface area contributed by atoms with Crippen LogP contribution in [0.25, 0.3) is 10.4 Å². The first kappa shape index (κ1) is 9.45. The van der Waals surface area contributed by atoms with Crippen molar-refractivity contribution in [3.63, 3.8) is 0 Å². The second-order valence-electron chi connectivity index (χ2n) is 3.18. The van der Waals surface area contributed by atoms with E-state index in [9.17, 15) is 4.79 Å². The molecular formula is C10H6O2S3. The molecule has 2 nitrogen and oxygen atoms in total. The molecule has 0 saturated heterocycles. The van der Waals surface area contributed by atoms with Crippen molar-refractivity contribution >= 4 is 40.4 Å². The van der Waals surface area contributed by atoms with Crippen LogP contribution in [0.1, 0.15) is 15.2 Å². The molecule has 3 rings (SSSR count). The molecule has 0 fully saturated rings. The Kier molecular flexibility index (Phi) is 2.12. The summed E-state index contributed by atoms with van der Waals surface area (Å²) in [6.07, 6.45) is 0. The van der Waals surface area contributed by atoms with E-state index in [2.05, 4.69) is 11.4 Å². The molecule has 0 radical (unpaired) electrons.